The summed E-state index contributed by atoms with van der Waals surface area (Å²) >= 11 is 0. The molecule has 0 radical (unpaired) electrons. The van der Waals surface area contributed by atoms with Gasteiger partial charge in [-0.15, -0.1) is 0 Å². The number of fused-ring (bicyclic) bond motifs is 1. The Kier molecular flexibility index (Phi) is 6.58. The Morgan fingerprint density at radius 2 is 1.66 bits per heavy atom. The molecule has 2 aliphatic heterocycles. The summed E-state index contributed by atoms with van der Waals surface area (Å²) in [7, 11) is -3.53. The molecule has 6 nitrogen and oxygen atoms in total. The molecule has 2 unspecified atom stereocenters. The number of rotatable bonds is 5. The summed E-state index contributed by atoms with van der Waals surface area (Å²) in [6.45, 7) is 11.1. The van der Waals surface area contributed by atoms with E-state index in [0.717, 1.165) is 31.2 Å². The van der Waals surface area contributed by atoms with Gasteiger partial charge in [0.25, 0.3) is 5.91 Å². The molecule has 2 heterocycles. The SMILES string of the molecule is CC1c2cc(S(=O)(=O)N3CCCCCC3)ccc2OC1C(=O)N(C(C)C)C(C)C. The molecule has 3 rings (SSSR count). The van der Waals surface area contributed by atoms with Gasteiger partial charge in [0.2, 0.25) is 10.0 Å². The fourth-order valence-electron chi connectivity index (χ4n) is 4.50. The van der Waals surface area contributed by atoms with E-state index in [9.17, 15) is 13.2 Å². The van der Waals surface area contributed by atoms with Crippen LogP contribution in [0.5, 0.6) is 5.75 Å². The Labute approximate surface area is 175 Å². The Bertz CT molecular complexity index is 834. The second-order valence-corrected chi connectivity index (χ2v) is 10.7. The summed E-state index contributed by atoms with van der Waals surface area (Å²) < 4.78 is 33.9. The molecule has 1 aromatic carbocycles. The van der Waals surface area contributed by atoms with Crippen LogP contribution >= 0.6 is 0 Å². The number of benzene rings is 1. The lowest BCUT2D eigenvalue weighted by Gasteiger charge is -2.33. The van der Waals surface area contributed by atoms with Crippen LogP contribution in [0.2, 0.25) is 0 Å². The number of carbonyl (C=O) groups excluding carboxylic acids is 1. The zero-order valence-corrected chi connectivity index (χ0v) is 19.0. The first-order valence-electron chi connectivity index (χ1n) is 10.8. The third-order valence-corrected chi connectivity index (χ3v) is 7.89. The van der Waals surface area contributed by atoms with Crippen molar-refractivity contribution in [2.75, 3.05) is 13.1 Å². The van der Waals surface area contributed by atoms with Gasteiger partial charge in [0.1, 0.15) is 5.75 Å². The molecule has 1 aromatic rings. The van der Waals surface area contributed by atoms with Crippen LogP contribution in [0.3, 0.4) is 0 Å². The molecule has 0 N–H and O–H groups in total. The highest BCUT2D eigenvalue weighted by atomic mass is 32.2. The molecule has 0 aromatic heterocycles. The second kappa shape index (κ2) is 8.64. The molecule has 0 bridgehead atoms. The number of nitrogens with zero attached hydrogens (tertiary/aromatic N) is 2. The van der Waals surface area contributed by atoms with E-state index in [1.807, 2.05) is 39.5 Å². The number of carbonyl (C=O) groups is 1. The van der Waals surface area contributed by atoms with Crippen molar-refractivity contribution >= 4 is 15.9 Å². The Morgan fingerprint density at radius 1 is 1.07 bits per heavy atom. The molecule has 162 valence electrons. The van der Waals surface area contributed by atoms with Crippen LogP contribution in [0.15, 0.2) is 23.1 Å². The number of ether oxygens (including phenoxy) is 1. The Hall–Kier alpha value is -1.60. The second-order valence-electron chi connectivity index (χ2n) is 8.78. The largest absolute Gasteiger partial charge is 0.480 e. The van der Waals surface area contributed by atoms with Crippen molar-refractivity contribution in [2.24, 2.45) is 0 Å². The van der Waals surface area contributed by atoms with E-state index in [1.54, 1.807) is 22.5 Å². The van der Waals surface area contributed by atoms with Crippen molar-refractivity contribution in [3.8, 4) is 5.75 Å². The third-order valence-electron chi connectivity index (χ3n) is 5.99. The first-order chi connectivity index (χ1) is 13.6. The average molecular weight is 423 g/mol. The van der Waals surface area contributed by atoms with Crippen LogP contribution in [0.25, 0.3) is 0 Å². The van der Waals surface area contributed by atoms with E-state index in [-0.39, 0.29) is 23.9 Å². The van der Waals surface area contributed by atoms with Gasteiger partial charge in [-0.1, -0.05) is 19.8 Å². The van der Waals surface area contributed by atoms with Crippen LogP contribution in [-0.2, 0) is 14.8 Å². The predicted molar refractivity (Wildman–Crippen MR) is 114 cm³/mol. The zero-order valence-electron chi connectivity index (χ0n) is 18.2. The molecule has 2 aliphatic rings. The maximum atomic E-state index is 13.2. The summed E-state index contributed by atoms with van der Waals surface area (Å²) in [6.07, 6.45) is 3.34. The van der Waals surface area contributed by atoms with Gasteiger partial charge in [0.05, 0.1) is 4.90 Å². The van der Waals surface area contributed by atoms with Gasteiger partial charge < -0.3 is 9.64 Å². The lowest BCUT2D eigenvalue weighted by atomic mass is 9.96. The van der Waals surface area contributed by atoms with Crippen molar-refractivity contribution in [2.45, 2.75) is 89.3 Å². The minimum Gasteiger partial charge on any atom is -0.480 e. The fourth-order valence-corrected chi connectivity index (χ4v) is 6.05. The van der Waals surface area contributed by atoms with Gasteiger partial charge in [-0.2, -0.15) is 4.31 Å². The molecule has 1 fully saturated rings. The molecular weight excluding hydrogens is 388 g/mol. The molecule has 2 atom stereocenters. The topological polar surface area (TPSA) is 66.9 Å². The van der Waals surface area contributed by atoms with Crippen molar-refractivity contribution in [1.29, 1.82) is 0 Å². The molecule has 0 saturated carbocycles. The average Bonchev–Trinajstić information content (AvgIpc) is 2.83. The minimum atomic E-state index is -3.53. The van der Waals surface area contributed by atoms with Crippen LogP contribution in [0, 0.1) is 0 Å². The normalized spacial score (nSPS) is 23.0. The number of sulfonamides is 1. The fraction of sp³-hybridized carbons (Fsp3) is 0.682. The molecule has 29 heavy (non-hydrogen) atoms. The summed E-state index contributed by atoms with van der Waals surface area (Å²) in [5, 5.41) is 0. The maximum absolute atomic E-state index is 13.2. The van der Waals surface area contributed by atoms with Gasteiger partial charge >= 0.3 is 0 Å². The quantitative estimate of drug-likeness (QED) is 0.725. The third kappa shape index (κ3) is 4.31. The van der Waals surface area contributed by atoms with Gasteiger partial charge in [0, 0.05) is 36.7 Å². The van der Waals surface area contributed by atoms with E-state index in [1.165, 1.54) is 0 Å². The Morgan fingerprint density at radius 3 is 2.21 bits per heavy atom. The molecule has 7 heteroatoms. The van der Waals surface area contributed by atoms with Crippen molar-refractivity contribution < 1.29 is 17.9 Å². The summed E-state index contributed by atoms with van der Waals surface area (Å²) in [5.74, 6) is 0.366. The molecule has 1 amide bonds. The number of amides is 1. The smallest absolute Gasteiger partial charge is 0.264 e. The summed E-state index contributed by atoms with van der Waals surface area (Å²) in [6, 6.07) is 5.17. The number of hydrogen-bond acceptors (Lipinski definition) is 4. The summed E-state index contributed by atoms with van der Waals surface area (Å²) in [4.78, 5) is 15.3. The van der Waals surface area contributed by atoms with Crippen LogP contribution < -0.4 is 4.74 Å². The molecule has 1 saturated heterocycles. The van der Waals surface area contributed by atoms with Crippen molar-refractivity contribution in [3.05, 3.63) is 23.8 Å². The van der Waals surface area contributed by atoms with E-state index >= 15 is 0 Å². The van der Waals surface area contributed by atoms with E-state index < -0.39 is 16.1 Å². The van der Waals surface area contributed by atoms with E-state index in [0.29, 0.717) is 23.7 Å². The first-order valence-corrected chi connectivity index (χ1v) is 12.2. The molecule has 0 spiro atoms. The van der Waals surface area contributed by atoms with Gasteiger partial charge in [0.15, 0.2) is 6.10 Å². The zero-order chi connectivity index (χ0) is 21.3. The first kappa shape index (κ1) is 22.1. The van der Waals surface area contributed by atoms with Crippen molar-refractivity contribution in [1.82, 2.24) is 9.21 Å². The van der Waals surface area contributed by atoms with Crippen LogP contribution in [0.1, 0.15) is 71.8 Å². The highest BCUT2D eigenvalue weighted by Crippen LogP contribution is 2.40. The Balaban J connectivity index is 1.86. The lowest BCUT2D eigenvalue weighted by molar-refractivity contribution is -0.142. The minimum absolute atomic E-state index is 0.0457. The monoisotopic (exact) mass is 422 g/mol. The maximum Gasteiger partial charge on any atom is 0.264 e. The highest BCUT2D eigenvalue weighted by molar-refractivity contribution is 7.89. The summed E-state index contributed by atoms with van der Waals surface area (Å²) in [5.41, 5.74) is 0.798. The van der Waals surface area contributed by atoms with Crippen LogP contribution in [0.4, 0.5) is 0 Å². The van der Waals surface area contributed by atoms with Crippen LogP contribution in [-0.4, -0.2) is 54.8 Å². The lowest BCUT2D eigenvalue weighted by Crippen LogP contribution is -2.49. The van der Waals surface area contributed by atoms with Gasteiger partial charge in [-0.05, 0) is 58.7 Å². The highest BCUT2D eigenvalue weighted by Gasteiger charge is 2.41. The van der Waals surface area contributed by atoms with Gasteiger partial charge in [-0.25, -0.2) is 8.42 Å². The number of hydrogen-bond donors (Lipinski definition) is 0. The standard InChI is InChI=1S/C22H34N2O4S/c1-15(2)24(16(3)4)22(25)21-17(5)19-14-18(10-11-20(19)28-21)29(26,27)23-12-8-6-7-9-13-23/h10-11,14-17,21H,6-9,12-13H2,1-5H3. The van der Waals surface area contributed by atoms with E-state index in [2.05, 4.69) is 0 Å². The predicted octanol–water partition coefficient (Wildman–Crippen LogP) is 3.76. The molecule has 0 aliphatic carbocycles. The van der Waals surface area contributed by atoms with E-state index in [4.69, 9.17) is 4.74 Å². The van der Waals surface area contributed by atoms with Crippen molar-refractivity contribution in [3.63, 3.8) is 0 Å². The molecular formula is C22H34N2O4S. The van der Waals surface area contributed by atoms with Gasteiger partial charge in [-0.3, -0.25) is 4.79 Å².